The van der Waals surface area contributed by atoms with Crippen molar-refractivity contribution in [3.05, 3.63) is 36.2 Å². The number of halogens is 2. The number of likely N-dealkylation sites (tertiary alicyclic amines) is 1. The molecule has 0 unspecified atom stereocenters. The van der Waals surface area contributed by atoms with E-state index in [2.05, 4.69) is 15.0 Å². The summed E-state index contributed by atoms with van der Waals surface area (Å²) in [5, 5.41) is -0.582. The summed E-state index contributed by atoms with van der Waals surface area (Å²) in [6.07, 6.45) is -3.03. The van der Waals surface area contributed by atoms with Gasteiger partial charge in [-0.25, -0.2) is 27.0 Å². The summed E-state index contributed by atoms with van der Waals surface area (Å²) < 4.78 is 64.1. The fourth-order valence-corrected chi connectivity index (χ4v) is 3.84. The van der Waals surface area contributed by atoms with Crippen LogP contribution in [0.5, 0.6) is 5.88 Å². The Kier molecular flexibility index (Phi) is 5.92. The number of ether oxygens (including phenoxy) is 2. The Morgan fingerprint density at radius 3 is 2.44 bits per heavy atom. The predicted molar refractivity (Wildman–Crippen MR) is 117 cm³/mol. The van der Waals surface area contributed by atoms with Gasteiger partial charge in [-0.05, 0) is 32.9 Å². The normalized spacial score (nSPS) is 15.0. The molecule has 10 nitrogen and oxygen atoms in total. The molecule has 1 aromatic carbocycles. The molecule has 0 aliphatic carbocycles. The van der Waals surface area contributed by atoms with E-state index >= 15 is 0 Å². The van der Waals surface area contributed by atoms with E-state index in [-0.39, 0.29) is 24.8 Å². The molecule has 0 N–H and O–H groups in total. The van der Waals surface area contributed by atoms with Gasteiger partial charge in [0.05, 0.1) is 24.1 Å². The van der Waals surface area contributed by atoms with Gasteiger partial charge >= 0.3 is 6.09 Å². The number of amides is 1. The van der Waals surface area contributed by atoms with Crippen LogP contribution < -0.4 is 4.74 Å². The van der Waals surface area contributed by atoms with Gasteiger partial charge in [0.25, 0.3) is 11.6 Å². The van der Waals surface area contributed by atoms with Crippen molar-refractivity contribution in [1.29, 1.82) is 0 Å². The first-order chi connectivity index (χ1) is 15.8. The van der Waals surface area contributed by atoms with Crippen LogP contribution in [0.4, 0.5) is 13.6 Å². The molecule has 4 rings (SSSR count). The molecule has 0 radical (unpaired) electrons. The van der Waals surface area contributed by atoms with Crippen molar-refractivity contribution in [3.63, 3.8) is 0 Å². The smallest absolute Gasteiger partial charge is 0.410 e. The lowest BCUT2D eigenvalue weighted by atomic mass is 10.2. The second kappa shape index (κ2) is 8.46. The van der Waals surface area contributed by atoms with Crippen LogP contribution in [-0.4, -0.2) is 70.0 Å². The number of carbonyl (C=O) groups is 1. The number of aromatic nitrogens is 4. The van der Waals surface area contributed by atoms with Gasteiger partial charge in [-0.1, -0.05) is 12.1 Å². The molecule has 0 spiro atoms. The van der Waals surface area contributed by atoms with Crippen LogP contribution in [0.3, 0.4) is 0 Å². The molecule has 0 saturated carbocycles. The lowest BCUT2D eigenvalue weighted by Gasteiger charge is -2.39. The lowest BCUT2D eigenvalue weighted by molar-refractivity contribution is -0.0234. The maximum Gasteiger partial charge on any atom is 0.410 e. The second-order valence-electron chi connectivity index (χ2n) is 8.84. The maximum absolute atomic E-state index is 13.8. The molecule has 3 aromatic rings. The van der Waals surface area contributed by atoms with Gasteiger partial charge in [0.2, 0.25) is 15.7 Å². The highest BCUT2D eigenvalue weighted by molar-refractivity contribution is 7.90. The number of hydrogen-bond donors (Lipinski definition) is 0. The van der Waals surface area contributed by atoms with Crippen LogP contribution in [0, 0.1) is 0 Å². The molecule has 182 valence electrons. The highest BCUT2D eigenvalue weighted by Gasteiger charge is 2.36. The van der Waals surface area contributed by atoms with Crippen molar-refractivity contribution in [2.45, 2.75) is 44.1 Å². The molecule has 13 heteroatoms. The average Bonchev–Trinajstić information content (AvgIpc) is 3.08. The molecular weight excluding hydrogens is 472 g/mol. The average molecular weight is 496 g/mol. The Bertz CT molecular complexity index is 1350. The minimum atomic E-state index is -3.90. The third-order valence-corrected chi connectivity index (χ3v) is 5.64. The lowest BCUT2D eigenvalue weighted by Crippen LogP contribution is -2.57. The molecule has 1 aliphatic heterocycles. The van der Waals surface area contributed by atoms with Crippen LogP contribution in [0.25, 0.3) is 16.9 Å². The van der Waals surface area contributed by atoms with Crippen LogP contribution in [0.15, 0.2) is 35.5 Å². The molecule has 0 bridgehead atoms. The Labute approximate surface area is 194 Å². The molecule has 2 aromatic heterocycles. The quantitative estimate of drug-likeness (QED) is 0.496. The topological polar surface area (TPSA) is 117 Å². The summed E-state index contributed by atoms with van der Waals surface area (Å²) in [6.45, 7) is 5.64. The minimum absolute atomic E-state index is 0.127. The van der Waals surface area contributed by atoms with E-state index in [1.54, 1.807) is 45.0 Å². The molecule has 1 saturated heterocycles. The number of nitrogens with zero attached hydrogens (tertiary/aromatic N) is 5. The van der Waals surface area contributed by atoms with E-state index < -0.39 is 45.0 Å². The van der Waals surface area contributed by atoms with Crippen molar-refractivity contribution < 1.29 is 31.5 Å². The zero-order chi connectivity index (χ0) is 24.8. The Morgan fingerprint density at radius 2 is 1.82 bits per heavy atom. The predicted octanol–water partition coefficient (Wildman–Crippen LogP) is 3.15. The molecule has 34 heavy (non-hydrogen) atoms. The first-order valence-corrected chi connectivity index (χ1v) is 12.2. The number of alkyl halides is 2. The van der Waals surface area contributed by atoms with E-state index in [1.807, 2.05) is 0 Å². The van der Waals surface area contributed by atoms with Crippen molar-refractivity contribution in [3.8, 4) is 11.7 Å². The van der Waals surface area contributed by atoms with Crippen molar-refractivity contribution in [2.75, 3.05) is 19.3 Å². The highest BCUT2D eigenvalue weighted by Crippen LogP contribution is 2.29. The fraction of sp³-hybridized carbons (Fsp3) is 0.429. The van der Waals surface area contributed by atoms with Crippen molar-refractivity contribution >= 4 is 27.0 Å². The third-order valence-electron chi connectivity index (χ3n) is 4.80. The summed E-state index contributed by atoms with van der Waals surface area (Å²) in [4.78, 5) is 25.5. The SMILES string of the molecule is CC(C)(C)OC(=O)N1CC(Oc2cc(-n3c(C(F)F)nc4ccccc43)nc(S(C)(=O)=O)n2)C1. The number of rotatable bonds is 5. The van der Waals surface area contributed by atoms with Gasteiger partial charge in [0.1, 0.15) is 17.5 Å². The van der Waals surface area contributed by atoms with Crippen LogP contribution in [0.1, 0.15) is 33.0 Å². The number of benzene rings is 1. The molecule has 1 fully saturated rings. The van der Waals surface area contributed by atoms with E-state index in [4.69, 9.17) is 9.47 Å². The standard InChI is InChI=1S/C21H23F2N5O5S/c1-21(2,3)33-20(29)27-10-12(11-27)32-16-9-15(25-19(26-16)34(4,30)31)28-14-8-6-5-7-13(14)24-18(28)17(22)23/h5-9,12,17H,10-11H2,1-4H3. The maximum atomic E-state index is 13.8. The number of carbonyl (C=O) groups excluding carboxylic acids is 1. The zero-order valence-corrected chi connectivity index (χ0v) is 19.7. The number of hydrogen-bond acceptors (Lipinski definition) is 8. The van der Waals surface area contributed by atoms with Crippen LogP contribution in [0.2, 0.25) is 0 Å². The molecule has 1 aliphatic rings. The van der Waals surface area contributed by atoms with Gasteiger partial charge < -0.3 is 14.4 Å². The number of sulfone groups is 1. The number of imidazole rings is 1. The van der Waals surface area contributed by atoms with Gasteiger partial charge in [-0.15, -0.1) is 0 Å². The van der Waals surface area contributed by atoms with Crippen LogP contribution in [-0.2, 0) is 14.6 Å². The van der Waals surface area contributed by atoms with E-state index in [0.29, 0.717) is 11.0 Å². The summed E-state index contributed by atoms with van der Waals surface area (Å²) in [7, 11) is -3.90. The Hall–Kier alpha value is -3.35. The first-order valence-electron chi connectivity index (χ1n) is 10.3. The number of fused-ring (bicyclic) bond motifs is 1. The highest BCUT2D eigenvalue weighted by atomic mass is 32.2. The molecular formula is C21H23F2N5O5S. The zero-order valence-electron chi connectivity index (χ0n) is 18.9. The summed E-state index contributed by atoms with van der Waals surface area (Å²) in [5.41, 5.74) is -0.0290. The van der Waals surface area contributed by atoms with E-state index in [9.17, 15) is 22.0 Å². The van der Waals surface area contributed by atoms with Crippen molar-refractivity contribution in [2.24, 2.45) is 0 Å². The van der Waals surface area contributed by atoms with Gasteiger partial charge in [-0.3, -0.25) is 4.57 Å². The van der Waals surface area contributed by atoms with Crippen LogP contribution >= 0.6 is 0 Å². The molecule has 1 amide bonds. The van der Waals surface area contributed by atoms with Gasteiger partial charge in [0, 0.05) is 12.3 Å². The van der Waals surface area contributed by atoms with E-state index in [0.717, 1.165) is 10.8 Å². The summed E-state index contributed by atoms with van der Waals surface area (Å²) in [5.74, 6) is -0.847. The van der Waals surface area contributed by atoms with Gasteiger partial charge in [0.15, 0.2) is 5.82 Å². The Morgan fingerprint density at radius 1 is 1.15 bits per heavy atom. The largest absolute Gasteiger partial charge is 0.470 e. The third kappa shape index (κ3) is 4.93. The fourth-order valence-electron chi connectivity index (χ4n) is 3.32. The monoisotopic (exact) mass is 495 g/mol. The molecule has 3 heterocycles. The summed E-state index contributed by atoms with van der Waals surface area (Å²) in [6, 6.07) is 7.70. The molecule has 0 atom stereocenters. The van der Waals surface area contributed by atoms with E-state index in [1.165, 1.54) is 11.0 Å². The number of para-hydroxylation sites is 2. The summed E-state index contributed by atoms with van der Waals surface area (Å²) >= 11 is 0. The second-order valence-corrected chi connectivity index (χ2v) is 10.7. The minimum Gasteiger partial charge on any atom is -0.470 e. The Balaban J connectivity index is 1.67. The van der Waals surface area contributed by atoms with Gasteiger partial charge in [-0.2, -0.15) is 9.97 Å². The first kappa shape index (κ1) is 23.8. The van der Waals surface area contributed by atoms with Crippen molar-refractivity contribution in [1.82, 2.24) is 24.4 Å².